The van der Waals surface area contributed by atoms with Gasteiger partial charge in [0.25, 0.3) is 0 Å². The van der Waals surface area contributed by atoms with Crippen molar-refractivity contribution in [3.05, 3.63) is 59.0 Å². The molecule has 0 bridgehead atoms. The van der Waals surface area contributed by atoms with Gasteiger partial charge in [0.05, 0.1) is 24.9 Å². The van der Waals surface area contributed by atoms with Gasteiger partial charge in [0, 0.05) is 11.3 Å². The number of hydrogen-bond donors (Lipinski definition) is 2. The molecule has 1 aromatic carbocycles. The molecule has 0 saturated carbocycles. The summed E-state index contributed by atoms with van der Waals surface area (Å²) in [6.45, 7) is 3.78. The third-order valence-electron chi connectivity index (χ3n) is 4.27. The number of thiocarbonyl (C=S) groups is 1. The molecule has 2 aromatic rings. The first-order valence-corrected chi connectivity index (χ1v) is 9.09. The molecule has 1 aromatic heterocycles. The Labute approximate surface area is 167 Å². The van der Waals surface area contributed by atoms with Crippen LogP contribution in [0.2, 0.25) is 0 Å². The van der Waals surface area contributed by atoms with Crippen LogP contribution in [0.15, 0.2) is 52.1 Å². The Morgan fingerprint density at radius 1 is 1.14 bits per heavy atom. The Balaban J connectivity index is 1.91. The number of carbonyl (C=O) groups excluding carboxylic acids is 2. The van der Waals surface area contributed by atoms with Crippen molar-refractivity contribution in [3.8, 4) is 11.3 Å². The van der Waals surface area contributed by atoms with Crippen LogP contribution in [-0.2, 0) is 14.3 Å². The minimum absolute atomic E-state index is 0.267. The molecule has 2 N–H and O–H groups in total. The third kappa shape index (κ3) is 3.91. The first-order chi connectivity index (χ1) is 13.4. The maximum absolute atomic E-state index is 12.4. The smallest absolute Gasteiger partial charge is 0.338 e. The van der Waals surface area contributed by atoms with Crippen LogP contribution in [0, 0.1) is 0 Å². The fourth-order valence-corrected chi connectivity index (χ4v) is 3.21. The quantitative estimate of drug-likeness (QED) is 0.585. The highest BCUT2D eigenvalue weighted by Crippen LogP contribution is 2.32. The fraction of sp³-hybridized carbons (Fsp3) is 0.250. The van der Waals surface area contributed by atoms with Crippen LogP contribution in [0.1, 0.15) is 36.0 Å². The zero-order valence-corrected chi connectivity index (χ0v) is 16.5. The van der Waals surface area contributed by atoms with Gasteiger partial charge in [-0.2, -0.15) is 0 Å². The average Bonchev–Trinajstić information content (AvgIpc) is 3.17. The van der Waals surface area contributed by atoms with E-state index in [4.69, 9.17) is 26.1 Å². The van der Waals surface area contributed by atoms with Crippen molar-refractivity contribution in [2.24, 2.45) is 0 Å². The number of methoxy groups -OCH3 is 1. The second-order valence-electron chi connectivity index (χ2n) is 6.06. The summed E-state index contributed by atoms with van der Waals surface area (Å²) in [6, 6.07) is 9.88. The number of allylic oxidation sites excluding steroid dienone is 1. The third-order valence-corrected chi connectivity index (χ3v) is 4.49. The van der Waals surface area contributed by atoms with Gasteiger partial charge in [0.15, 0.2) is 5.11 Å². The largest absolute Gasteiger partial charge is 0.465 e. The molecule has 1 atom stereocenters. The second kappa shape index (κ2) is 8.26. The monoisotopic (exact) mass is 400 g/mol. The van der Waals surface area contributed by atoms with Gasteiger partial charge in [-0.3, -0.25) is 0 Å². The van der Waals surface area contributed by atoms with Gasteiger partial charge >= 0.3 is 11.9 Å². The van der Waals surface area contributed by atoms with Gasteiger partial charge in [-0.05, 0) is 50.3 Å². The van der Waals surface area contributed by atoms with E-state index in [2.05, 4.69) is 10.6 Å². The molecule has 28 heavy (non-hydrogen) atoms. The van der Waals surface area contributed by atoms with E-state index in [0.717, 1.165) is 5.56 Å². The van der Waals surface area contributed by atoms with Crippen LogP contribution >= 0.6 is 12.2 Å². The lowest BCUT2D eigenvalue weighted by Gasteiger charge is -2.28. The van der Waals surface area contributed by atoms with E-state index in [1.807, 2.05) is 0 Å². The highest BCUT2D eigenvalue weighted by atomic mass is 32.1. The van der Waals surface area contributed by atoms with E-state index < -0.39 is 18.0 Å². The highest BCUT2D eigenvalue weighted by molar-refractivity contribution is 7.80. The summed E-state index contributed by atoms with van der Waals surface area (Å²) in [4.78, 5) is 24.0. The summed E-state index contributed by atoms with van der Waals surface area (Å²) in [7, 11) is 1.34. The Morgan fingerprint density at radius 3 is 2.50 bits per heavy atom. The fourth-order valence-electron chi connectivity index (χ4n) is 2.94. The van der Waals surface area contributed by atoms with Crippen molar-refractivity contribution in [2.75, 3.05) is 13.7 Å². The number of rotatable bonds is 5. The first kappa shape index (κ1) is 19.6. The molecule has 0 amide bonds. The van der Waals surface area contributed by atoms with E-state index in [9.17, 15) is 9.59 Å². The van der Waals surface area contributed by atoms with Gasteiger partial charge < -0.3 is 24.5 Å². The van der Waals surface area contributed by atoms with Crippen LogP contribution < -0.4 is 10.6 Å². The van der Waals surface area contributed by atoms with E-state index >= 15 is 0 Å². The van der Waals surface area contributed by atoms with E-state index in [1.165, 1.54) is 7.11 Å². The molecule has 0 fully saturated rings. The Hall–Kier alpha value is -3.13. The molecular formula is C20H20N2O5S. The van der Waals surface area contributed by atoms with Crippen LogP contribution in [-0.4, -0.2) is 30.8 Å². The number of ether oxygens (including phenoxy) is 2. The van der Waals surface area contributed by atoms with Crippen molar-refractivity contribution < 1.29 is 23.5 Å². The molecule has 0 aliphatic carbocycles. The average molecular weight is 400 g/mol. The van der Waals surface area contributed by atoms with Crippen LogP contribution in [0.5, 0.6) is 0 Å². The summed E-state index contributed by atoms with van der Waals surface area (Å²) >= 11 is 5.22. The molecule has 2 heterocycles. The zero-order valence-electron chi connectivity index (χ0n) is 15.7. The normalized spacial score (nSPS) is 16.2. The summed E-state index contributed by atoms with van der Waals surface area (Å²) in [5, 5.41) is 6.40. The van der Waals surface area contributed by atoms with Crippen molar-refractivity contribution >= 4 is 29.3 Å². The maximum atomic E-state index is 12.4. The van der Waals surface area contributed by atoms with Gasteiger partial charge in [-0.15, -0.1) is 0 Å². The number of carbonyl (C=O) groups is 2. The number of furan rings is 1. The van der Waals surface area contributed by atoms with Gasteiger partial charge in [-0.1, -0.05) is 12.1 Å². The Kier molecular flexibility index (Phi) is 5.79. The summed E-state index contributed by atoms with van der Waals surface area (Å²) in [5.41, 5.74) is 2.27. The second-order valence-corrected chi connectivity index (χ2v) is 6.47. The predicted octanol–water partition coefficient (Wildman–Crippen LogP) is 3.09. The minimum atomic E-state index is -0.559. The number of nitrogens with one attached hydrogen (secondary N) is 2. The summed E-state index contributed by atoms with van der Waals surface area (Å²) in [6.07, 6.45) is 0. The van der Waals surface area contributed by atoms with Crippen LogP contribution in [0.25, 0.3) is 11.3 Å². The van der Waals surface area contributed by atoms with Gasteiger partial charge in [0.1, 0.15) is 17.6 Å². The molecule has 8 heteroatoms. The molecule has 3 rings (SSSR count). The van der Waals surface area contributed by atoms with Crippen molar-refractivity contribution in [1.82, 2.24) is 10.6 Å². The first-order valence-electron chi connectivity index (χ1n) is 8.68. The zero-order chi connectivity index (χ0) is 20.3. The van der Waals surface area contributed by atoms with E-state index in [0.29, 0.717) is 33.5 Å². The highest BCUT2D eigenvalue weighted by Gasteiger charge is 2.33. The number of benzene rings is 1. The number of esters is 2. The lowest BCUT2D eigenvalue weighted by atomic mass is 10.0. The van der Waals surface area contributed by atoms with Crippen molar-refractivity contribution in [2.45, 2.75) is 19.9 Å². The SMILES string of the molecule is CCOC(=O)C1=C(C)NC(=S)N[C@@H]1c1ccc(-c2ccc(C(=O)OC)cc2)o1. The summed E-state index contributed by atoms with van der Waals surface area (Å²) in [5.74, 6) is 0.281. The topological polar surface area (TPSA) is 89.8 Å². The van der Waals surface area contributed by atoms with Crippen molar-refractivity contribution in [3.63, 3.8) is 0 Å². The summed E-state index contributed by atoms with van der Waals surface area (Å²) < 4.78 is 15.9. The molecule has 7 nitrogen and oxygen atoms in total. The Morgan fingerprint density at radius 2 is 1.86 bits per heavy atom. The lowest BCUT2D eigenvalue weighted by Crippen LogP contribution is -2.45. The van der Waals surface area contributed by atoms with Crippen LogP contribution in [0.4, 0.5) is 0 Å². The standard InChI is InChI=1S/C20H20N2O5S/c1-4-26-19(24)16-11(2)21-20(28)22-17(16)15-10-9-14(27-15)12-5-7-13(8-6-12)18(23)25-3/h5-10,17H,4H2,1-3H3,(H2,21,22,28)/t17-/m1/s1. The van der Waals surface area contributed by atoms with Crippen molar-refractivity contribution in [1.29, 1.82) is 0 Å². The van der Waals surface area contributed by atoms with Gasteiger partial charge in [0.2, 0.25) is 0 Å². The molecule has 0 spiro atoms. The molecule has 1 aliphatic heterocycles. The minimum Gasteiger partial charge on any atom is -0.465 e. The molecule has 0 radical (unpaired) electrons. The predicted molar refractivity (Wildman–Crippen MR) is 106 cm³/mol. The molecule has 0 unspecified atom stereocenters. The molecule has 1 aliphatic rings. The number of hydrogen-bond acceptors (Lipinski definition) is 6. The van der Waals surface area contributed by atoms with E-state index in [1.54, 1.807) is 50.2 Å². The van der Waals surface area contributed by atoms with Gasteiger partial charge in [-0.25, -0.2) is 9.59 Å². The van der Waals surface area contributed by atoms with E-state index in [-0.39, 0.29) is 6.61 Å². The molecular weight excluding hydrogens is 380 g/mol. The lowest BCUT2D eigenvalue weighted by molar-refractivity contribution is -0.139. The Bertz CT molecular complexity index is 946. The van der Waals surface area contributed by atoms with Crippen LogP contribution in [0.3, 0.4) is 0 Å². The molecule has 146 valence electrons. The maximum Gasteiger partial charge on any atom is 0.338 e. The molecule has 0 saturated heterocycles.